The van der Waals surface area contributed by atoms with E-state index < -0.39 is 23.1 Å². The van der Waals surface area contributed by atoms with Gasteiger partial charge >= 0.3 is 11.9 Å². The van der Waals surface area contributed by atoms with Gasteiger partial charge in [-0.25, -0.2) is 19.6 Å². The number of pyridine rings is 2. The lowest BCUT2D eigenvalue weighted by Crippen LogP contribution is -2.27. The minimum absolute atomic E-state index is 0.0596. The third-order valence-corrected chi connectivity index (χ3v) is 5.87. The number of rotatable bonds is 7. The normalized spacial score (nSPS) is 11.2. The van der Waals surface area contributed by atoms with Gasteiger partial charge in [-0.05, 0) is 58.7 Å². The molecule has 2 aromatic heterocycles. The van der Waals surface area contributed by atoms with Gasteiger partial charge in [-0.3, -0.25) is 0 Å². The van der Waals surface area contributed by atoms with Crippen LogP contribution in [0.4, 0.5) is 0 Å². The number of aromatic nitrogens is 2. The SMILES string of the molecule is CC(C)(C)OC(=O)c1c(OCc2ccccc2)ccnc1Cl.CCC(C)(C)OC(=O)c1c(Cl)ccnc1Cl. The Hall–Kier alpha value is -2.87. The summed E-state index contributed by atoms with van der Waals surface area (Å²) in [5.74, 6) is -0.735. The molecule has 3 aromatic rings. The van der Waals surface area contributed by atoms with E-state index >= 15 is 0 Å². The van der Waals surface area contributed by atoms with E-state index in [0.717, 1.165) is 5.56 Å². The number of hydrogen-bond donors (Lipinski definition) is 0. The Kier molecular flexibility index (Phi) is 11.4. The molecule has 0 atom stereocenters. The monoisotopic (exact) mass is 580 g/mol. The number of hydrogen-bond acceptors (Lipinski definition) is 7. The summed E-state index contributed by atoms with van der Waals surface area (Å²) in [4.78, 5) is 31.8. The van der Waals surface area contributed by atoms with Gasteiger partial charge in [-0.1, -0.05) is 72.1 Å². The third-order valence-electron chi connectivity index (χ3n) is 4.99. The van der Waals surface area contributed by atoms with Crippen LogP contribution in [0.1, 0.15) is 74.2 Å². The summed E-state index contributed by atoms with van der Waals surface area (Å²) >= 11 is 17.7. The zero-order valence-electron chi connectivity index (χ0n) is 22.2. The summed E-state index contributed by atoms with van der Waals surface area (Å²) in [6.45, 7) is 11.3. The lowest BCUT2D eigenvalue weighted by atomic mass is 10.1. The molecule has 0 spiro atoms. The molecule has 0 bridgehead atoms. The quantitative estimate of drug-likeness (QED) is 0.206. The molecular formula is C28H31Cl3N2O5. The first-order valence-electron chi connectivity index (χ1n) is 11.8. The molecule has 0 saturated heterocycles. The summed E-state index contributed by atoms with van der Waals surface area (Å²) < 4.78 is 16.4. The molecule has 38 heavy (non-hydrogen) atoms. The molecule has 204 valence electrons. The predicted octanol–water partition coefficient (Wildman–Crippen LogP) is 8.00. The molecule has 2 heterocycles. The molecule has 0 aliphatic carbocycles. The van der Waals surface area contributed by atoms with Crippen LogP contribution < -0.4 is 4.74 Å². The van der Waals surface area contributed by atoms with Crippen molar-refractivity contribution in [3.05, 3.63) is 86.9 Å². The van der Waals surface area contributed by atoms with Crippen molar-refractivity contribution in [3.63, 3.8) is 0 Å². The highest BCUT2D eigenvalue weighted by atomic mass is 35.5. The molecule has 0 fully saturated rings. The number of carbonyl (C=O) groups is 2. The van der Waals surface area contributed by atoms with Crippen LogP contribution in [0.25, 0.3) is 0 Å². The number of halogens is 3. The lowest BCUT2D eigenvalue weighted by Gasteiger charge is -2.23. The van der Waals surface area contributed by atoms with Crippen molar-refractivity contribution in [3.8, 4) is 5.75 Å². The number of esters is 2. The van der Waals surface area contributed by atoms with Gasteiger partial charge in [0.05, 0.1) is 5.02 Å². The first-order valence-corrected chi connectivity index (χ1v) is 13.0. The van der Waals surface area contributed by atoms with Crippen LogP contribution >= 0.6 is 34.8 Å². The minimum Gasteiger partial charge on any atom is -0.488 e. The molecule has 0 saturated carbocycles. The largest absolute Gasteiger partial charge is 0.488 e. The Morgan fingerprint density at radius 1 is 0.789 bits per heavy atom. The molecule has 0 radical (unpaired) electrons. The van der Waals surface area contributed by atoms with Gasteiger partial charge in [0, 0.05) is 12.4 Å². The maximum Gasteiger partial charge on any atom is 0.345 e. The Balaban J connectivity index is 0.000000281. The van der Waals surface area contributed by atoms with Crippen molar-refractivity contribution in [1.29, 1.82) is 0 Å². The fraction of sp³-hybridized carbons (Fsp3) is 0.357. The van der Waals surface area contributed by atoms with Gasteiger partial charge in [0.15, 0.2) is 0 Å². The van der Waals surface area contributed by atoms with Crippen LogP contribution in [0, 0.1) is 0 Å². The summed E-state index contributed by atoms with van der Waals surface area (Å²) in [6.07, 6.45) is 3.64. The first-order chi connectivity index (χ1) is 17.7. The zero-order chi connectivity index (χ0) is 28.5. The molecule has 10 heteroatoms. The minimum atomic E-state index is -0.618. The molecule has 3 rings (SSSR count). The van der Waals surface area contributed by atoms with Crippen molar-refractivity contribution >= 4 is 46.7 Å². The lowest BCUT2D eigenvalue weighted by molar-refractivity contribution is -0.00259. The standard InChI is InChI=1S/C17H18ClNO3.C11H13Cl2NO2/c1-17(2,3)22-16(20)14-13(9-10-19-15(14)18)21-11-12-7-5-4-6-8-12;1-4-11(2,3)16-10(15)8-7(12)5-6-14-9(8)13/h4-10H,11H2,1-3H3;5-6H,4H2,1-3H3. The highest BCUT2D eigenvalue weighted by Gasteiger charge is 2.26. The number of ether oxygens (including phenoxy) is 3. The van der Waals surface area contributed by atoms with Gasteiger partial charge in [0.1, 0.15) is 45.0 Å². The number of carbonyl (C=O) groups excluding carboxylic acids is 2. The van der Waals surface area contributed by atoms with Crippen molar-refractivity contribution in [1.82, 2.24) is 9.97 Å². The van der Waals surface area contributed by atoms with Crippen molar-refractivity contribution in [2.24, 2.45) is 0 Å². The summed E-state index contributed by atoms with van der Waals surface area (Å²) in [6, 6.07) is 12.8. The summed E-state index contributed by atoms with van der Waals surface area (Å²) in [5, 5.41) is 0.376. The fourth-order valence-electron chi connectivity index (χ4n) is 2.76. The summed E-state index contributed by atoms with van der Waals surface area (Å²) in [5.41, 5.74) is 0.0972. The molecule has 0 N–H and O–H groups in total. The first kappa shape index (κ1) is 31.3. The van der Waals surface area contributed by atoms with E-state index in [9.17, 15) is 9.59 Å². The van der Waals surface area contributed by atoms with Crippen LogP contribution in [0.3, 0.4) is 0 Å². The smallest absolute Gasteiger partial charge is 0.345 e. The third kappa shape index (κ3) is 9.78. The van der Waals surface area contributed by atoms with E-state index in [0.29, 0.717) is 18.8 Å². The number of nitrogens with zero attached hydrogens (tertiary/aromatic N) is 2. The van der Waals surface area contributed by atoms with Gasteiger partial charge in [-0.2, -0.15) is 0 Å². The Labute approximate surface area is 238 Å². The average Bonchev–Trinajstić information content (AvgIpc) is 2.82. The van der Waals surface area contributed by atoms with Crippen LogP contribution in [0.15, 0.2) is 54.9 Å². The van der Waals surface area contributed by atoms with E-state index in [4.69, 9.17) is 49.0 Å². The van der Waals surface area contributed by atoms with Gasteiger partial charge in [0.2, 0.25) is 0 Å². The zero-order valence-corrected chi connectivity index (χ0v) is 24.4. The molecule has 0 amide bonds. The molecular weight excluding hydrogens is 551 g/mol. The average molecular weight is 582 g/mol. The van der Waals surface area contributed by atoms with Crippen LogP contribution in [-0.2, 0) is 16.1 Å². The van der Waals surface area contributed by atoms with E-state index in [-0.39, 0.29) is 26.5 Å². The molecule has 7 nitrogen and oxygen atoms in total. The molecule has 0 aliphatic heterocycles. The van der Waals surface area contributed by atoms with Crippen LogP contribution in [-0.4, -0.2) is 33.1 Å². The fourth-order valence-corrected chi connectivity index (χ4v) is 3.49. The van der Waals surface area contributed by atoms with Gasteiger partial charge < -0.3 is 14.2 Å². The van der Waals surface area contributed by atoms with E-state index in [1.165, 1.54) is 18.5 Å². The van der Waals surface area contributed by atoms with E-state index in [2.05, 4.69) is 9.97 Å². The maximum absolute atomic E-state index is 12.3. The van der Waals surface area contributed by atoms with Gasteiger partial charge in [0.25, 0.3) is 0 Å². The highest BCUT2D eigenvalue weighted by Crippen LogP contribution is 2.28. The second-order valence-electron chi connectivity index (χ2n) is 9.71. The number of benzene rings is 1. The van der Waals surface area contributed by atoms with Crippen LogP contribution in [0.2, 0.25) is 15.3 Å². The molecule has 1 aromatic carbocycles. The van der Waals surface area contributed by atoms with Crippen molar-refractivity contribution in [2.45, 2.75) is 65.8 Å². The van der Waals surface area contributed by atoms with Crippen molar-refractivity contribution in [2.75, 3.05) is 0 Å². The van der Waals surface area contributed by atoms with E-state index in [1.807, 2.05) is 51.1 Å². The van der Waals surface area contributed by atoms with Gasteiger partial charge in [-0.15, -0.1) is 0 Å². The molecule has 0 aliphatic rings. The highest BCUT2D eigenvalue weighted by molar-refractivity contribution is 6.38. The predicted molar refractivity (Wildman–Crippen MR) is 149 cm³/mol. The topological polar surface area (TPSA) is 87.6 Å². The summed E-state index contributed by atoms with van der Waals surface area (Å²) in [7, 11) is 0. The molecule has 0 unspecified atom stereocenters. The van der Waals surface area contributed by atoms with Crippen molar-refractivity contribution < 1.29 is 23.8 Å². The second kappa shape index (κ2) is 13.8. The Bertz CT molecular complexity index is 1220. The second-order valence-corrected chi connectivity index (χ2v) is 10.8. The Morgan fingerprint density at radius 3 is 1.89 bits per heavy atom. The van der Waals surface area contributed by atoms with Crippen LogP contribution in [0.5, 0.6) is 5.75 Å². The Morgan fingerprint density at radius 2 is 1.34 bits per heavy atom. The maximum atomic E-state index is 12.3. The van der Waals surface area contributed by atoms with E-state index in [1.54, 1.807) is 26.8 Å².